The molecule has 0 atom stereocenters. The van der Waals surface area contributed by atoms with Crippen molar-refractivity contribution < 1.29 is 23.9 Å². The molecule has 0 spiro atoms. The van der Waals surface area contributed by atoms with Crippen LogP contribution in [0.15, 0.2) is 24.3 Å². The molecule has 0 fully saturated rings. The lowest BCUT2D eigenvalue weighted by atomic mass is 10.1. The number of carbonyl (C=O) groups excluding carboxylic acids is 1. The first-order chi connectivity index (χ1) is 16.2. The molecule has 0 aliphatic heterocycles. The van der Waals surface area contributed by atoms with E-state index in [1.165, 1.54) is 42.6 Å². The van der Waals surface area contributed by atoms with E-state index in [0.29, 0.717) is 29.4 Å². The Morgan fingerprint density at radius 1 is 1.06 bits per heavy atom. The normalized spacial score (nSPS) is 11.0. The molecule has 0 unspecified atom stereocenters. The van der Waals surface area contributed by atoms with Crippen molar-refractivity contribution in [1.29, 1.82) is 0 Å². The van der Waals surface area contributed by atoms with Gasteiger partial charge >= 0.3 is 0 Å². The van der Waals surface area contributed by atoms with Crippen molar-refractivity contribution in [3.8, 4) is 17.2 Å². The molecule has 1 aromatic heterocycles. The Labute approximate surface area is 201 Å². The summed E-state index contributed by atoms with van der Waals surface area (Å²) in [6.45, 7) is 3.01. The molecule has 11 heteroatoms. The van der Waals surface area contributed by atoms with Gasteiger partial charge in [-0.1, -0.05) is 17.4 Å². The van der Waals surface area contributed by atoms with E-state index in [-0.39, 0.29) is 22.7 Å². The van der Waals surface area contributed by atoms with Crippen LogP contribution in [0.1, 0.15) is 22.3 Å². The molecule has 34 heavy (non-hydrogen) atoms. The monoisotopic (exact) mass is 488 g/mol. The van der Waals surface area contributed by atoms with Gasteiger partial charge < -0.3 is 19.1 Å². The predicted molar refractivity (Wildman–Crippen MR) is 132 cm³/mol. The van der Waals surface area contributed by atoms with Crippen LogP contribution in [0.5, 0.6) is 17.2 Å². The van der Waals surface area contributed by atoms with Gasteiger partial charge in [-0.25, -0.2) is 4.98 Å². The minimum atomic E-state index is -0.598. The molecule has 10 nitrogen and oxygen atoms in total. The number of aryl methyl sites for hydroxylation is 1. The van der Waals surface area contributed by atoms with E-state index in [1.54, 1.807) is 7.11 Å². The second kappa shape index (κ2) is 10.7. The number of thiazole rings is 1. The summed E-state index contributed by atoms with van der Waals surface area (Å²) in [7, 11) is 8.24. The van der Waals surface area contributed by atoms with Crippen LogP contribution in [0.25, 0.3) is 10.2 Å². The summed E-state index contributed by atoms with van der Waals surface area (Å²) in [4.78, 5) is 33.2. The van der Waals surface area contributed by atoms with E-state index in [0.717, 1.165) is 16.8 Å². The van der Waals surface area contributed by atoms with Crippen molar-refractivity contribution in [2.75, 3.05) is 53.4 Å². The van der Waals surface area contributed by atoms with Crippen LogP contribution >= 0.6 is 11.3 Å². The number of ether oxygens (including phenoxy) is 3. The molecule has 0 aliphatic rings. The van der Waals surface area contributed by atoms with Crippen LogP contribution in [0.3, 0.4) is 0 Å². The molecule has 0 saturated carbocycles. The van der Waals surface area contributed by atoms with Gasteiger partial charge in [0, 0.05) is 12.6 Å². The summed E-state index contributed by atoms with van der Waals surface area (Å²) < 4.78 is 16.8. The molecule has 0 saturated heterocycles. The summed E-state index contributed by atoms with van der Waals surface area (Å²) in [5.74, 6) is 0.458. The van der Waals surface area contributed by atoms with E-state index < -0.39 is 10.8 Å². The zero-order valence-corrected chi connectivity index (χ0v) is 20.9. The van der Waals surface area contributed by atoms with Crippen molar-refractivity contribution >= 4 is 38.3 Å². The summed E-state index contributed by atoms with van der Waals surface area (Å²) in [5, 5.41) is 12.3. The molecule has 0 radical (unpaired) electrons. The third-order valence-corrected chi connectivity index (χ3v) is 6.52. The third kappa shape index (κ3) is 5.05. The van der Waals surface area contributed by atoms with Crippen molar-refractivity contribution in [1.82, 2.24) is 9.88 Å². The summed E-state index contributed by atoms with van der Waals surface area (Å²) in [5.41, 5.74) is 1.18. The maximum atomic E-state index is 13.8. The number of nitro groups is 1. The van der Waals surface area contributed by atoms with Gasteiger partial charge in [-0.05, 0) is 45.6 Å². The molecule has 1 heterocycles. The summed E-state index contributed by atoms with van der Waals surface area (Å²) in [6, 6.07) is 6.31. The van der Waals surface area contributed by atoms with Gasteiger partial charge in [0.1, 0.15) is 16.8 Å². The van der Waals surface area contributed by atoms with Crippen molar-refractivity contribution in [2.24, 2.45) is 0 Å². The van der Waals surface area contributed by atoms with Crippen LogP contribution in [0.2, 0.25) is 0 Å². The topological polar surface area (TPSA) is 107 Å². The molecule has 182 valence electrons. The molecule has 1 amide bonds. The van der Waals surface area contributed by atoms with Crippen LogP contribution in [0, 0.1) is 17.0 Å². The van der Waals surface area contributed by atoms with Crippen LogP contribution in [0.4, 0.5) is 10.8 Å². The first-order valence-corrected chi connectivity index (χ1v) is 11.3. The molecular weight excluding hydrogens is 460 g/mol. The molecule has 3 aromatic rings. The zero-order valence-electron chi connectivity index (χ0n) is 20.1. The number of aromatic nitrogens is 1. The molecule has 0 N–H and O–H groups in total. The second-order valence-electron chi connectivity index (χ2n) is 7.85. The number of nitro benzene ring substituents is 1. The minimum Gasteiger partial charge on any atom is -0.494 e. The van der Waals surface area contributed by atoms with Gasteiger partial charge in [0.2, 0.25) is 0 Å². The van der Waals surface area contributed by atoms with Crippen molar-refractivity contribution in [2.45, 2.75) is 13.3 Å². The average molecular weight is 489 g/mol. The fourth-order valence-electron chi connectivity index (χ4n) is 3.54. The highest BCUT2D eigenvalue weighted by Gasteiger charge is 2.30. The van der Waals surface area contributed by atoms with E-state index in [9.17, 15) is 14.9 Å². The Morgan fingerprint density at radius 3 is 2.29 bits per heavy atom. The van der Waals surface area contributed by atoms with Gasteiger partial charge in [0.25, 0.3) is 11.6 Å². The number of hydrogen-bond acceptors (Lipinski definition) is 9. The maximum absolute atomic E-state index is 13.8. The van der Waals surface area contributed by atoms with Gasteiger partial charge in [-0.3, -0.25) is 19.8 Å². The van der Waals surface area contributed by atoms with Gasteiger partial charge in [0.15, 0.2) is 16.6 Å². The largest absolute Gasteiger partial charge is 0.494 e. The lowest BCUT2D eigenvalue weighted by molar-refractivity contribution is -0.385. The predicted octanol–water partition coefficient (Wildman–Crippen LogP) is 4.14. The highest BCUT2D eigenvalue weighted by molar-refractivity contribution is 7.22. The fourth-order valence-corrected chi connectivity index (χ4v) is 4.62. The third-order valence-electron chi connectivity index (χ3n) is 5.30. The highest BCUT2D eigenvalue weighted by atomic mass is 32.1. The number of rotatable bonds is 10. The zero-order chi connectivity index (χ0) is 25.0. The molecule has 0 bridgehead atoms. The number of amides is 1. The van der Waals surface area contributed by atoms with E-state index in [2.05, 4.69) is 0 Å². The average Bonchev–Trinajstić information content (AvgIpc) is 3.26. The Balaban J connectivity index is 2.15. The van der Waals surface area contributed by atoms with Crippen molar-refractivity contribution in [3.05, 3.63) is 45.5 Å². The number of fused-ring (bicyclic) bond motifs is 1. The smallest absolute Gasteiger partial charge is 0.286 e. The van der Waals surface area contributed by atoms with E-state index in [1.807, 2.05) is 38.1 Å². The minimum absolute atomic E-state index is 0.101. The van der Waals surface area contributed by atoms with Crippen molar-refractivity contribution in [3.63, 3.8) is 0 Å². The first kappa shape index (κ1) is 25.2. The lowest BCUT2D eigenvalue weighted by Gasteiger charge is -2.21. The number of nitrogens with zero attached hydrogens (tertiary/aromatic N) is 4. The number of benzene rings is 2. The second-order valence-corrected chi connectivity index (χ2v) is 8.83. The number of methoxy groups -OCH3 is 3. The Morgan fingerprint density at radius 2 is 1.71 bits per heavy atom. The Kier molecular flexibility index (Phi) is 7.90. The van der Waals surface area contributed by atoms with Crippen LogP contribution in [-0.4, -0.2) is 69.2 Å². The Hall–Kier alpha value is -3.44. The number of hydrogen-bond donors (Lipinski definition) is 0. The lowest BCUT2D eigenvalue weighted by Crippen LogP contribution is -2.34. The van der Waals surface area contributed by atoms with Crippen LogP contribution in [-0.2, 0) is 0 Å². The standard InChI is InChI=1S/C23H28N4O6S/c1-14-8-9-17(31-4)20-21(14)34-23(24-20)26(11-7-10-25(2)3)22(28)15-12-18(32-5)19(33-6)13-16(15)27(29)30/h8-9,12-13H,7,10-11H2,1-6H3. The maximum Gasteiger partial charge on any atom is 0.286 e. The highest BCUT2D eigenvalue weighted by Crippen LogP contribution is 2.39. The molecule has 3 rings (SSSR count). The summed E-state index contributed by atoms with van der Waals surface area (Å²) >= 11 is 1.35. The fraction of sp³-hybridized carbons (Fsp3) is 0.391. The van der Waals surface area contributed by atoms with E-state index >= 15 is 0 Å². The molecule has 0 aliphatic carbocycles. The quantitative estimate of drug-likeness (QED) is 0.310. The van der Waals surface area contributed by atoms with Gasteiger partial charge in [0.05, 0.1) is 37.0 Å². The van der Waals surface area contributed by atoms with Crippen LogP contribution < -0.4 is 19.1 Å². The van der Waals surface area contributed by atoms with Gasteiger partial charge in [-0.2, -0.15) is 0 Å². The number of carbonyl (C=O) groups is 1. The molecule has 2 aromatic carbocycles. The van der Waals surface area contributed by atoms with E-state index in [4.69, 9.17) is 19.2 Å². The SMILES string of the molecule is COc1cc(C(=O)N(CCCN(C)C)c2nc3c(OC)ccc(C)c3s2)c([N+](=O)[O-])cc1OC. The molecular formula is C23H28N4O6S. The van der Waals surface area contributed by atoms with Gasteiger partial charge in [-0.15, -0.1) is 0 Å². The summed E-state index contributed by atoms with van der Waals surface area (Å²) in [6.07, 6.45) is 0.645. The Bertz CT molecular complexity index is 1210. The first-order valence-electron chi connectivity index (χ1n) is 10.5. The number of anilines is 1.